The Bertz CT molecular complexity index is 1500. The van der Waals surface area contributed by atoms with E-state index in [9.17, 15) is 19.2 Å². The van der Waals surface area contributed by atoms with Gasteiger partial charge in [0.05, 0.1) is 6.04 Å². The third kappa shape index (κ3) is 8.77. The van der Waals surface area contributed by atoms with E-state index in [1.54, 1.807) is 29.1 Å². The molecule has 49 heavy (non-hydrogen) atoms. The fourth-order valence-electron chi connectivity index (χ4n) is 7.49. The highest BCUT2D eigenvalue weighted by Crippen LogP contribution is 2.37. The fourth-order valence-corrected chi connectivity index (χ4v) is 7.49. The standard InChI is InChI=1S/C38H55FN6O4/c1-7-45-32(16-17-40-45)37(48)42-35(28-10-8-23(2)9-11-28)33(46)21-30-15-14-29(20-31(30)39)25(4)34(41-36(47)26(5)27-12-13-27)38(49)44-19-18-43(6)24(3)22-44/h14-17,20,23-28,34-35H,7-13,18-19,21-22H2,1-6H3,(H,41,47)(H,42,48)/t23?,24-,25+,26?,28?,34-,35+/m1/s1. The molecule has 1 aromatic heterocycles. The number of piperazine rings is 1. The Hall–Kier alpha value is -3.60. The van der Waals surface area contributed by atoms with Crippen molar-refractivity contribution in [1.29, 1.82) is 0 Å². The number of hydrogen-bond donors (Lipinski definition) is 2. The minimum absolute atomic E-state index is 0.0290. The topological polar surface area (TPSA) is 117 Å². The van der Waals surface area contributed by atoms with E-state index in [-0.39, 0.29) is 53.4 Å². The van der Waals surface area contributed by atoms with Gasteiger partial charge in [0.2, 0.25) is 11.8 Å². The second kappa shape index (κ2) is 16.0. The third-order valence-corrected chi connectivity index (χ3v) is 11.5. The number of nitrogens with one attached hydrogen (secondary N) is 2. The van der Waals surface area contributed by atoms with Gasteiger partial charge in [-0.2, -0.15) is 5.10 Å². The molecule has 3 amide bonds. The molecule has 11 heteroatoms. The Morgan fingerprint density at radius 2 is 1.65 bits per heavy atom. The van der Waals surface area contributed by atoms with Gasteiger partial charge >= 0.3 is 0 Å². The summed E-state index contributed by atoms with van der Waals surface area (Å²) >= 11 is 0. The Kier molecular flexibility index (Phi) is 11.9. The summed E-state index contributed by atoms with van der Waals surface area (Å²) in [5.74, 6) is -1.26. The third-order valence-electron chi connectivity index (χ3n) is 11.5. The van der Waals surface area contributed by atoms with Gasteiger partial charge in [0.1, 0.15) is 17.6 Å². The zero-order chi connectivity index (χ0) is 35.4. The summed E-state index contributed by atoms with van der Waals surface area (Å²) in [4.78, 5) is 58.5. The molecule has 0 radical (unpaired) electrons. The number of halogens is 1. The molecule has 2 heterocycles. The number of Topliss-reactive ketones (excluding diaryl/α,β-unsaturated/α-hetero) is 1. The predicted octanol–water partition coefficient (Wildman–Crippen LogP) is 4.58. The van der Waals surface area contributed by atoms with E-state index in [4.69, 9.17) is 0 Å². The lowest BCUT2D eigenvalue weighted by atomic mass is 9.77. The van der Waals surface area contributed by atoms with Crippen molar-refractivity contribution in [1.82, 2.24) is 30.2 Å². The monoisotopic (exact) mass is 678 g/mol. The first-order chi connectivity index (χ1) is 23.4. The van der Waals surface area contributed by atoms with Crippen molar-refractivity contribution in [3.8, 4) is 0 Å². The van der Waals surface area contributed by atoms with E-state index in [1.165, 1.54) is 6.07 Å². The average Bonchev–Trinajstić information content (AvgIpc) is 3.83. The van der Waals surface area contributed by atoms with Gasteiger partial charge in [0.25, 0.3) is 5.91 Å². The van der Waals surface area contributed by atoms with Gasteiger partial charge in [-0.15, -0.1) is 0 Å². The van der Waals surface area contributed by atoms with Crippen LogP contribution in [0.25, 0.3) is 0 Å². The van der Waals surface area contributed by atoms with Crippen LogP contribution in [-0.4, -0.2) is 87.9 Å². The molecule has 1 aromatic carbocycles. The normalized spacial score (nSPS) is 24.1. The summed E-state index contributed by atoms with van der Waals surface area (Å²) in [5.41, 5.74) is 1.21. The maximum absolute atomic E-state index is 15.9. The van der Waals surface area contributed by atoms with Crippen molar-refractivity contribution in [3.05, 3.63) is 53.1 Å². The molecular weight excluding hydrogens is 623 g/mol. The van der Waals surface area contributed by atoms with Crippen molar-refractivity contribution in [3.63, 3.8) is 0 Å². The van der Waals surface area contributed by atoms with Crippen LogP contribution in [-0.2, 0) is 27.3 Å². The minimum Gasteiger partial charge on any atom is -0.343 e. The van der Waals surface area contributed by atoms with Crippen LogP contribution >= 0.6 is 0 Å². The highest BCUT2D eigenvalue weighted by molar-refractivity contribution is 5.97. The number of amides is 3. The van der Waals surface area contributed by atoms with E-state index in [0.29, 0.717) is 42.7 Å². The molecule has 5 rings (SSSR count). The smallest absolute Gasteiger partial charge is 0.270 e. The summed E-state index contributed by atoms with van der Waals surface area (Å²) in [6, 6.07) is 5.00. The molecule has 2 aliphatic carbocycles. The Morgan fingerprint density at radius 3 is 2.29 bits per heavy atom. The van der Waals surface area contributed by atoms with Crippen LogP contribution in [0.3, 0.4) is 0 Å². The number of rotatable bonds is 13. The van der Waals surface area contributed by atoms with Gasteiger partial charge in [-0.1, -0.05) is 45.7 Å². The zero-order valence-corrected chi connectivity index (χ0v) is 30.1. The first-order valence-electron chi connectivity index (χ1n) is 18.3. The SMILES string of the molecule is CCn1nccc1C(=O)N[C@H](C(=O)Cc1ccc([C@H](C)[C@@H](NC(=O)C(C)C2CC2)C(=O)N2CCN(C)[C@H](C)C2)cc1F)C1CCC(C)CC1. The number of carbonyl (C=O) groups excluding carboxylic acids is 4. The van der Waals surface area contributed by atoms with Crippen molar-refractivity contribution >= 4 is 23.5 Å². The number of nitrogens with zero attached hydrogens (tertiary/aromatic N) is 4. The summed E-state index contributed by atoms with van der Waals surface area (Å²) in [7, 11) is 2.04. The van der Waals surface area contributed by atoms with Crippen molar-refractivity contribution in [2.75, 3.05) is 26.7 Å². The molecule has 3 fully saturated rings. The van der Waals surface area contributed by atoms with E-state index < -0.39 is 23.8 Å². The Balaban J connectivity index is 1.33. The van der Waals surface area contributed by atoms with E-state index >= 15 is 4.39 Å². The molecule has 2 N–H and O–H groups in total. The highest BCUT2D eigenvalue weighted by atomic mass is 19.1. The van der Waals surface area contributed by atoms with Crippen LogP contribution in [0, 0.1) is 29.5 Å². The lowest BCUT2D eigenvalue weighted by Crippen LogP contribution is -2.58. The number of benzene rings is 1. The number of aromatic nitrogens is 2. The average molecular weight is 679 g/mol. The van der Waals surface area contributed by atoms with E-state index in [2.05, 4.69) is 34.5 Å². The second-order valence-electron chi connectivity index (χ2n) is 15.0. The molecular formula is C38H55FN6O4. The molecule has 5 atom stereocenters. The maximum Gasteiger partial charge on any atom is 0.270 e. The Morgan fingerprint density at radius 1 is 0.959 bits per heavy atom. The van der Waals surface area contributed by atoms with Crippen LogP contribution < -0.4 is 10.6 Å². The van der Waals surface area contributed by atoms with Crippen LogP contribution in [0.2, 0.25) is 0 Å². The van der Waals surface area contributed by atoms with Crippen LogP contribution in [0.1, 0.15) is 101 Å². The number of likely N-dealkylation sites (N-methyl/N-ethyl adjacent to an activating group) is 1. The Labute approximate surface area is 290 Å². The summed E-state index contributed by atoms with van der Waals surface area (Å²) in [5, 5.41) is 10.2. The molecule has 10 nitrogen and oxygen atoms in total. The number of ketones is 1. The predicted molar refractivity (Wildman–Crippen MR) is 186 cm³/mol. The van der Waals surface area contributed by atoms with E-state index in [0.717, 1.165) is 45.1 Å². The van der Waals surface area contributed by atoms with Gasteiger partial charge in [-0.25, -0.2) is 4.39 Å². The van der Waals surface area contributed by atoms with Crippen LogP contribution in [0.5, 0.6) is 0 Å². The maximum atomic E-state index is 15.9. The lowest BCUT2D eigenvalue weighted by Gasteiger charge is -2.40. The highest BCUT2D eigenvalue weighted by Gasteiger charge is 2.39. The van der Waals surface area contributed by atoms with Crippen LogP contribution in [0.15, 0.2) is 30.5 Å². The quantitative estimate of drug-likeness (QED) is 0.321. The van der Waals surface area contributed by atoms with Crippen molar-refractivity contribution in [2.45, 2.75) is 110 Å². The summed E-state index contributed by atoms with van der Waals surface area (Å²) in [6.45, 7) is 12.3. The van der Waals surface area contributed by atoms with Gasteiger partial charge in [-0.3, -0.25) is 23.9 Å². The second-order valence-corrected chi connectivity index (χ2v) is 15.0. The number of aryl methyl sites for hydroxylation is 1. The summed E-state index contributed by atoms with van der Waals surface area (Å²) < 4.78 is 17.5. The molecule has 1 saturated heterocycles. The fraction of sp³-hybridized carbons (Fsp3) is 0.658. The molecule has 3 aliphatic rings. The molecule has 1 unspecified atom stereocenters. The largest absolute Gasteiger partial charge is 0.343 e. The molecule has 1 aliphatic heterocycles. The van der Waals surface area contributed by atoms with Crippen LogP contribution in [0.4, 0.5) is 4.39 Å². The van der Waals surface area contributed by atoms with Gasteiger partial charge in [0.15, 0.2) is 5.78 Å². The van der Waals surface area contributed by atoms with Gasteiger partial charge in [-0.05, 0) is 87.6 Å². The molecule has 268 valence electrons. The summed E-state index contributed by atoms with van der Waals surface area (Å²) in [6.07, 6.45) is 7.00. The first-order valence-corrected chi connectivity index (χ1v) is 18.3. The lowest BCUT2D eigenvalue weighted by molar-refractivity contribution is -0.140. The van der Waals surface area contributed by atoms with Gasteiger partial charge in [0, 0.05) is 56.7 Å². The molecule has 2 aromatic rings. The first kappa shape index (κ1) is 36.7. The molecule has 0 bridgehead atoms. The van der Waals surface area contributed by atoms with Crippen molar-refractivity contribution in [2.24, 2.45) is 23.7 Å². The van der Waals surface area contributed by atoms with Crippen molar-refractivity contribution < 1.29 is 23.6 Å². The van der Waals surface area contributed by atoms with Gasteiger partial charge < -0.3 is 20.4 Å². The van der Waals surface area contributed by atoms with E-state index in [1.807, 2.05) is 32.7 Å². The molecule has 0 spiro atoms. The zero-order valence-electron chi connectivity index (χ0n) is 30.1. The minimum atomic E-state index is -0.846. The molecule has 2 saturated carbocycles. The number of carbonyl (C=O) groups is 4. The number of hydrogen-bond acceptors (Lipinski definition) is 6.